The van der Waals surface area contributed by atoms with E-state index in [1.165, 1.54) is 0 Å². The predicted molar refractivity (Wildman–Crippen MR) is 75.3 cm³/mol. The molecule has 19 heavy (non-hydrogen) atoms. The van der Waals surface area contributed by atoms with Crippen LogP contribution in [0.25, 0.3) is 0 Å². The highest BCUT2D eigenvalue weighted by atomic mass is 35.5. The molecule has 4 nitrogen and oxygen atoms in total. The van der Waals surface area contributed by atoms with Crippen molar-refractivity contribution in [2.45, 2.75) is 26.7 Å². The van der Waals surface area contributed by atoms with Crippen LogP contribution in [-0.2, 0) is 9.59 Å². The van der Waals surface area contributed by atoms with Gasteiger partial charge in [0.25, 0.3) is 0 Å². The first-order valence-corrected chi connectivity index (χ1v) is 6.60. The van der Waals surface area contributed by atoms with Gasteiger partial charge in [0.05, 0.1) is 16.6 Å². The fourth-order valence-corrected chi connectivity index (χ4v) is 2.20. The van der Waals surface area contributed by atoms with E-state index in [1.54, 1.807) is 38.1 Å². The van der Waals surface area contributed by atoms with E-state index in [1.807, 2.05) is 0 Å². The molecule has 0 saturated carbocycles. The molecule has 0 unspecified atom stereocenters. The lowest BCUT2D eigenvalue weighted by Gasteiger charge is -2.18. The van der Waals surface area contributed by atoms with Gasteiger partial charge in [-0.25, -0.2) is 0 Å². The molecule has 0 fully saturated rings. The SMILES string of the molecule is CC[C@H](C(=O)O)[C@H](C)CC(=O)Nc1ccccc1Cl. The number of anilines is 1. The van der Waals surface area contributed by atoms with Gasteiger partial charge >= 0.3 is 5.97 Å². The van der Waals surface area contributed by atoms with Gasteiger partial charge < -0.3 is 10.4 Å². The summed E-state index contributed by atoms with van der Waals surface area (Å²) in [4.78, 5) is 22.9. The number of carboxylic acid groups (broad SMARTS) is 1. The molecule has 0 spiro atoms. The Morgan fingerprint density at radius 3 is 2.53 bits per heavy atom. The molecule has 2 N–H and O–H groups in total. The molecule has 0 aliphatic carbocycles. The lowest BCUT2D eigenvalue weighted by Crippen LogP contribution is -2.25. The fraction of sp³-hybridized carbons (Fsp3) is 0.429. The molecule has 0 heterocycles. The standard InChI is InChI=1S/C14H18ClNO3/c1-3-10(14(18)19)9(2)8-13(17)16-12-7-5-4-6-11(12)15/h4-7,9-10H,3,8H2,1-2H3,(H,16,17)(H,18,19)/t9-,10+/m1/s1. The molecule has 0 aromatic heterocycles. The zero-order valence-corrected chi connectivity index (χ0v) is 11.8. The van der Waals surface area contributed by atoms with Crippen molar-refractivity contribution in [3.05, 3.63) is 29.3 Å². The molecular formula is C14H18ClNO3. The average molecular weight is 284 g/mol. The number of amides is 1. The number of nitrogens with one attached hydrogen (secondary N) is 1. The van der Waals surface area contributed by atoms with Crippen molar-refractivity contribution in [3.63, 3.8) is 0 Å². The number of para-hydroxylation sites is 1. The maximum Gasteiger partial charge on any atom is 0.306 e. The zero-order valence-electron chi connectivity index (χ0n) is 11.0. The van der Waals surface area contributed by atoms with Crippen molar-refractivity contribution in [2.75, 3.05) is 5.32 Å². The van der Waals surface area contributed by atoms with Crippen molar-refractivity contribution in [2.24, 2.45) is 11.8 Å². The summed E-state index contributed by atoms with van der Waals surface area (Å²) in [7, 11) is 0. The van der Waals surface area contributed by atoms with Crippen LogP contribution in [0.15, 0.2) is 24.3 Å². The number of hydrogen-bond acceptors (Lipinski definition) is 2. The van der Waals surface area contributed by atoms with Crippen LogP contribution < -0.4 is 5.32 Å². The zero-order chi connectivity index (χ0) is 14.4. The first-order valence-electron chi connectivity index (χ1n) is 6.22. The van der Waals surface area contributed by atoms with Crippen LogP contribution in [0.1, 0.15) is 26.7 Å². The van der Waals surface area contributed by atoms with Gasteiger partial charge in [-0.3, -0.25) is 9.59 Å². The maximum atomic E-state index is 11.9. The summed E-state index contributed by atoms with van der Waals surface area (Å²) in [6.45, 7) is 3.58. The van der Waals surface area contributed by atoms with Gasteiger partial charge in [0.2, 0.25) is 5.91 Å². The molecule has 1 rings (SSSR count). The third-order valence-electron chi connectivity index (χ3n) is 3.10. The summed E-state index contributed by atoms with van der Waals surface area (Å²) in [5.41, 5.74) is 0.546. The van der Waals surface area contributed by atoms with Crippen molar-refractivity contribution in [1.29, 1.82) is 0 Å². The quantitative estimate of drug-likeness (QED) is 0.841. The first-order chi connectivity index (χ1) is 8.95. The third kappa shape index (κ3) is 4.56. The van der Waals surface area contributed by atoms with Crippen molar-refractivity contribution < 1.29 is 14.7 Å². The molecule has 0 aliphatic rings. The molecule has 2 atom stereocenters. The number of hydrogen-bond donors (Lipinski definition) is 2. The summed E-state index contributed by atoms with van der Waals surface area (Å²) < 4.78 is 0. The number of carboxylic acids is 1. The molecule has 1 amide bonds. The Hall–Kier alpha value is -1.55. The lowest BCUT2D eigenvalue weighted by atomic mass is 9.89. The van der Waals surface area contributed by atoms with Crippen LogP contribution >= 0.6 is 11.6 Å². The largest absolute Gasteiger partial charge is 0.481 e. The Balaban J connectivity index is 2.61. The van der Waals surface area contributed by atoms with Crippen LogP contribution in [0.3, 0.4) is 0 Å². The van der Waals surface area contributed by atoms with E-state index in [9.17, 15) is 9.59 Å². The number of benzene rings is 1. The van der Waals surface area contributed by atoms with Crippen LogP contribution in [0.5, 0.6) is 0 Å². The van der Waals surface area contributed by atoms with Crippen LogP contribution in [0.2, 0.25) is 5.02 Å². The topological polar surface area (TPSA) is 66.4 Å². The van der Waals surface area contributed by atoms with Crippen LogP contribution in [-0.4, -0.2) is 17.0 Å². The first kappa shape index (κ1) is 15.5. The summed E-state index contributed by atoms with van der Waals surface area (Å²) in [5, 5.41) is 12.2. The molecule has 0 aliphatic heterocycles. The number of halogens is 1. The van der Waals surface area contributed by atoms with E-state index in [0.29, 0.717) is 17.1 Å². The molecule has 0 radical (unpaired) electrons. The van der Waals surface area contributed by atoms with Gasteiger partial charge in [0, 0.05) is 6.42 Å². The number of aliphatic carboxylic acids is 1. The highest BCUT2D eigenvalue weighted by Gasteiger charge is 2.24. The van der Waals surface area contributed by atoms with Gasteiger partial charge in [-0.1, -0.05) is 37.6 Å². The van der Waals surface area contributed by atoms with Crippen molar-refractivity contribution in [3.8, 4) is 0 Å². The second-order valence-electron chi connectivity index (χ2n) is 4.56. The van der Waals surface area contributed by atoms with E-state index in [4.69, 9.17) is 16.7 Å². The number of carbonyl (C=O) groups excluding carboxylic acids is 1. The second-order valence-corrected chi connectivity index (χ2v) is 4.97. The predicted octanol–water partition coefficient (Wildman–Crippen LogP) is 3.42. The third-order valence-corrected chi connectivity index (χ3v) is 3.43. The monoisotopic (exact) mass is 283 g/mol. The van der Waals surface area contributed by atoms with Crippen molar-refractivity contribution in [1.82, 2.24) is 0 Å². The van der Waals surface area contributed by atoms with Gasteiger partial charge in [-0.2, -0.15) is 0 Å². The minimum Gasteiger partial charge on any atom is -0.481 e. The molecule has 0 bridgehead atoms. The Labute approximate surface area is 117 Å². The molecule has 1 aromatic rings. The number of carbonyl (C=O) groups is 2. The normalized spacial score (nSPS) is 13.6. The Morgan fingerprint density at radius 1 is 1.37 bits per heavy atom. The lowest BCUT2D eigenvalue weighted by molar-refractivity contribution is -0.143. The second kappa shape index (κ2) is 7.14. The van der Waals surface area contributed by atoms with E-state index in [2.05, 4.69) is 5.32 Å². The van der Waals surface area contributed by atoms with E-state index in [-0.39, 0.29) is 18.2 Å². The van der Waals surface area contributed by atoms with Crippen LogP contribution in [0, 0.1) is 11.8 Å². The van der Waals surface area contributed by atoms with Crippen LogP contribution in [0.4, 0.5) is 5.69 Å². The van der Waals surface area contributed by atoms with E-state index in [0.717, 1.165) is 0 Å². The molecular weight excluding hydrogens is 266 g/mol. The van der Waals surface area contributed by atoms with Crippen molar-refractivity contribution >= 4 is 29.2 Å². The smallest absolute Gasteiger partial charge is 0.306 e. The summed E-state index contributed by atoms with van der Waals surface area (Å²) in [6.07, 6.45) is 0.673. The summed E-state index contributed by atoms with van der Waals surface area (Å²) >= 11 is 5.94. The van der Waals surface area contributed by atoms with Gasteiger partial charge in [0.15, 0.2) is 0 Å². The van der Waals surface area contributed by atoms with E-state index < -0.39 is 11.9 Å². The highest BCUT2D eigenvalue weighted by Crippen LogP contribution is 2.23. The number of rotatable bonds is 6. The maximum absolute atomic E-state index is 11.9. The van der Waals surface area contributed by atoms with Gasteiger partial charge in [-0.05, 0) is 24.5 Å². The highest BCUT2D eigenvalue weighted by molar-refractivity contribution is 6.33. The van der Waals surface area contributed by atoms with E-state index >= 15 is 0 Å². The Kier molecular flexibility index (Phi) is 5.83. The summed E-state index contributed by atoms with van der Waals surface area (Å²) in [6, 6.07) is 6.95. The summed E-state index contributed by atoms with van der Waals surface area (Å²) in [5.74, 6) is -1.80. The van der Waals surface area contributed by atoms with Gasteiger partial charge in [-0.15, -0.1) is 0 Å². The molecule has 104 valence electrons. The fourth-order valence-electron chi connectivity index (χ4n) is 2.02. The Bertz CT molecular complexity index is 462. The minimum atomic E-state index is -0.861. The van der Waals surface area contributed by atoms with Gasteiger partial charge in [0.1, 0.15) is 0 Å². The molecule has 1 aromatic carbocycles. The minimum absolute atomic E-state index is 0.163. The molecule has 0 saturated heterocycles. The average Bonchev–Trinajstić information content (AvgIpc) is 2.32. The Morgan fingerprint density at radius 2 is 2.00 bits per heavy atom. The molecule has 5 heteroatoms.